The number of nitrogens with zero attached hydrogens (tertiary/aromatic N) is 1. The molecular weight excluding hydrogens is 266 g/mol. The molecular formula is C13H17NO4S. The Morgan fingerprint density at radius 1 is 1.53 bits per heavy atom. The van der Waals surface area contributed by atoms with Crippen molar-refractivity contribution in [3.05, 3.63) is 23.7 Å². The SMILES string of the molecule is Cc1ccoc1C(=O)N1C(C(=O)O)CSC1C(C)C. The van der Waals surface area contributed by atoms with Gasteiger partial charge in [0, 0.05) is 11.3 Å². The first-order valence-electron chi connectivity index (χ1n) is 6.14. The quantitative estimate of drug-likeness (QED) is 0.921. The second-order valence-corrected chi connectivity index (χ2v) is 6.12. The van der Waals surface area contributed by atoms with Gasteiger partial charge in [0.1, 0.15) is 6.04 Å². The lowest BCUT2D eigenvalue weighted by Crippen LogP contribution is -2.47. The van der Waals surface area contributed by atoms with Crippen molar-refractivity contribution in [3.63, 3.8) is 0 Å². The van der Waals surface area contributed by atoms with E-state index in [0.29, 0.717) is 5.75 Å². The van der Waals surface area contributed by atoms with E-state index in [4.69, 9.17) is 4.42 Å². The third-order valence-corrected chi connectivity index (χ3v) is 4.80. The lowest BCUT2D eigenvalue weighted by atomic mass is 10.1. The molecule has 2 atom stereocenters. The van der Waals surface area contributed by atoms with E-state index in [1.165, 1.54) is 22.9 Å². The molecule has 1 fully saturated rings. The van der Waals surface area contributed by atoms with Gasteiger partial charge in [0.15, 0.2) is 5.76 Å². The summed E-state index contributed by atoms with van der Waals surface area (Å²) >= 11 is 1.51. The topological polar surface area (TPSA) is 70.8 Å². The lowest BCUT2D eigenvalue weighted by molar-refractivity contribution is -0.141. The van der Waals surface area contributed by atoms with E-state index in [0.717, 1.165) is 5.56 Å². The molecule has 1 N–H and O–H groups in total. The van der Waals surface area contributed by atoms with Crippen molar-refractivity contribution < 1.29 is 19.1 Å². The van der Waals surface area contributed by atoms with Gasteiger partial charge in [-0.3, -0.25) is 4.79 Å². The molecule has 1 aliphatic rings. The van der Waals surface area contributed by atoms with E-state index in [-0.39, 0.29) is 23.0 Å². The van der Waals surface area contributed by atoms with E-state index in [1.54, 1.807) is 13.0 Å². The molecule has 1 aromatic heterocycles. The molecule has 6 heteroatoms. The summed E-state index contributed by atoms with van der Waals surface area (Å²) in [5.74, 6) is -0.455. The number of carboxylic acids is 1. The van der Waals surface area contributed by atoms with Crippen molar-refractivity contribution in [2.45, 2.75) is 32.2 Å². The number of thioether (sulfide) groups is 1. The lowest BCUT2D eigenvalue weighted by Gasteiger charge is -2.29. The molecule has 1 amide bonds. The van der Waals surface area contributed by atoms with E-state index in [2.05, 4.69) is 0 Å². The molecule has 104 valence electrons. The number of carboxylic acid groups (broad SMARTS) is 1. The summed E-state index contributed by atoms with van der Waals surface area (Å²) in [4.78, 5) is 25.3. The Bertz CT molecular complexity index is 497. The fourth-order valence-electron chi connectivity index (χ4n) is 2.20. The van der Waals surface area contributed by atoms with Crippen molar-refractivity contribution >= 4 is 23.6 Å². The highest BCUT2D eigenvalue weighted by Crippen LogP contribution is 2.35. The maximum atomic E-state index is 12.5. The van der Waals surface area contributed by atoms with Crippen molar-refractivity contribution in [2.24, 2.45) is 5.92 Å². The minimum Gasteiger partial charge on any atom is -0.480 e. The Labute approximate surface area is 116 Å². The van der Waals surface area contributed by atoms with Gasteiger partial charge in [-0.25, -0.2) is 4.79 Å². The second kappa shape index (κ2) is 5.28. The van der Waals surface area contributed by atoms with Gasteiger partial charge < -0.3 is 14.4 Å². The van der Waals surface area contributed by atoms with Gasteiger partial charge in [-0.2, -0.15) is 0 Å². The van der Waals surface area contributed by atoms with Crippen molar-refractivity contribution in [3.8, 4) is 0 Å². The number of hydrogen-bond donors (Lipinski definition) is 1. The summed E-state index contributed by atoms with van der Waals surface area (Å²) < 4.78 is 5.20. The van der Waals surface area contributed by atoms with Crippen LogP contribution in [0.3, 0.4) is 0 Å². The molecule has 0 radical (unpaired) electrons. The average Bonchev–Trinajstić information content (AvgIpc) is 2.93. The van der Waals surface area contributed by atoms with Crippen LogP contribution in [0.15, 0.2) is 16.7 Å². The van der Waals surface area contributed by atoms with Crippen LogP contribution in [0.2, 0.25) is 0 Å². The largest absolute Gasteiger partial charge is 0.480 e. The third-order valence-electron chi connectivity index (χ3n) is 3.18. The number of aryl methyl sites for hydroxylation is 1. The van der Waals surface area contributed by atoms with E-state index in [9.17, 15) is 14.7 Å². The Hall–Kier alpha value is -1.43. The molecule has 0 spiro atoms. The zero-order valence-corrected chi connectivity index (χ0v) is 11.9. The van der Waals surface area contributed by atoms with E-state index in [1.807, 2.05) is 13.8 Å². The van der Waals surface area contributed by atoms with Crippen LogP contribution in [0.25, 0.3) is 0 Å². The van der Waals surface area contributed by atoms with Crippen LogP contribution in [0, 0.1) is 12.8 Å². The van der Waals surface area contributed by atoms with Crippen LogP contribution in [0.5, 0.6) is 0 Å². The fourth-order valence-corrected chi connectivity index (χ4v) is 3.67. The molecule has 0 saturated carbocycles. The number of carbonyl (C=O) groups is 2. The molecule has 1 aromatic rings. The average molecular weight is 283 g/mol. The summed E-state index contributed by atoms with van der Waals surface area (Å²) in [6.45, 7) is 5.74. The van der Waals surface area contributed by atoms with Crippen LogP contribution in [-0.2, 0) is 4.79 Å². The summed E-state index contributed by atoms with van der Waals surface area (Å²) in [5, 5.41) is 9.13. The summed E-state index contributed by atoms with van der Waals surface area (Å²) in [6.07, 6.45) is 1.45. The molecule has 1 saturated heterocycles. The molecule has 2 heterocycles. The first kappa shape index (κ1) is 14.0. The monoisotopic (exact) mass is 283 g/mol. The minimum absolute atomic E-state index is 0.127. The first-order valence-corrected chi connectivity index (χ1v) is 7.19. The number of aliphatic carboxylic acids is 1. The van der Waals surface area contributed by atoms with Gasteiger partial charge in [-0.05, 0) is 18.9 Å². The van der Waals surface area contributed by atoms with Crippen LogP contribution in [0.4, 0.5) is 0 Å². The summed E-state index contributed by atoms with van der Waals surface area (Å²) in [6, 6.07) is 0.922. The number of carbonyl (C=O) groups excluding carboxylic acids is 1. The molecule has 0 aliphatic carbocycles. The summed E-state index contributed by atoms with van der Waals surface area (Å²) in [7, 11) is 0. The highest BCUT2D eigenvalue weighted by molar-refractivity contribution is 8.00. The Kier molecular flexibility index (Phi) is 3.89. The predicted molar refractivity (Wildman–Crippen MR) is 72.1 cm³/mol. The fraction of sp³-hybridized carbons (Fsp3) is 0.538. The van der Waals surface area contributed by atoms with E-state index >= 15 is 0 Å². The standard InChI is InChI=1S/C13H17NO4S/c1-7(2)12-14(9(6-19-12)13(16)17)11(15)10-8(3)4-5-18-10/h4-5,7,9,12H,6H2,1-3H3,(H,16,17). The van der Waals surface area contributed by atoms with Gasteiger partial charge in [0.25, 0.3) is 5.91 Å². The predicted octanol–water partition coefficient (Wildman–Crippen LogP) is 2.21. The number of furan rings is 1. The number of amides is 1. The highest BCUT2D eigenvalue weighted by atomic mass is 32.2. The second-order valence-electron chi connectivity index (χ2n) is 4.97. The van der Waals surface area contributed by atoms with Crippen molar-refractivity contribution in [1.29, 1.82) is 0 Å². The Balaban J connectivity index is 2.34. The van der Waals surface area contributed by atoms with Gasteiger partial charge >= 0.3 is 5.97 Å². The number of rotatable bonds is 3. The van der Waals surface area contributed by atoms with Gasteiger partial charge in [0.2, 0.25) is 0 Å². The molecule has 0 aromatic carbocycles. The number of hydrogen-bond acceptors (Lipinski definition) is 4. The maximum Gasteiger partial charge on any atom is 0.327 e. The highest BCUT2D eigenvalue weighted by Gasteiger charge is 2.44. The molecule has 19 heavy (non-hydrogen) atoms. The molecule has 1 aliphatic heterocycles. The molecule has 0 bridgehead atoms. The zero-order chi connectivity index (χ0) is 14.2. The van der Waals surface area contributed by atoms with Crippen LogP contribution in [-0.4, -0.2) is 39.1 Å². The molecule has 2 unspecified atom stereocenters. The van der Waals surface area contributed by atoms with Crippen molar-refractivity contribution in [1.82, 2.24) is 4.90 Å². The van der Waals surface area contributed by atoms with Crippen LogP contribution < -0.4 is 0 Å². The van der Waals surface area contributed by atoms with Gasteiger partial charge in [-0.15, -0.1) is 11.8 Å². The third kappa shape index (κ3) is 2.49. The smallest absolute Gasteiger partial charge is 0.327 e. The minimum atomic E-state index is -0.965. The van der Waals surface area contributed by atoms with Crippen LogP contribution in [0.1, 0.15) is 30.0 Å². The maximum absolute atomic E-state index is 12.5. The van der Waals surface area contributed by atoms with Crippen LogP contribution >= 0.6 is 11.8 Å². The molecule has 5 nitrogen and oxygen atoms in total. The zero-order valence-electron chi connectivity index (χ0n) is 11.1. The van der Waals surface area contributed by atoms with Gasteiger partial charge in [-0.1, -0.05) is 13.8 Å². The van der Waals surface area contributed by atoms with Crippen molar-refractivity contribution in [2.75, 3.05) is 5.75 Å². The van der Waals surface area contributed by atoms with Gasteiger partial charge in [0.05, 0.1) is 11.6 Å². The normalized spacial score (nSPS) is 23.1. The Morgan fingerprint density at radius 2 is 2.21 bits per heavy atom. The van der Waals surface area contributed by atoms with E-state index < -0.39 is 12.0 Å². The summed E-state index contributed by atoms with van der Waals surface area (Å²) in [5.41, 5.74) is 0.730. The Morgan fingerprint density at radius 3 is 2.68 bits per heavy atom. The molecule has 2 rings (SSSR count). The first-order chi connectivity index (χ1) is 8.93.